The molecular weight excluding hydrogens is 302 g/mol. The Balaban J connectivity index is 2.07. The second-order valence-electron chi connectivity index (χ2n) is 6.47. The van der Waals surface area contributed by atoms with Gasteiger partial charge < -0.3 is 15.1 Å². The summed E-state index contributed by atoms with van der Waals surface area (Å²) in [4.78, 5) is 28.7. The summed E-state index contributed by atoms with van der Waals surface area (Å²) in [7, 11) is 0. The van der Waals surface area contributed by atoms with Crippen LogP contribution in [0.3, 0.4) is 0 Å². The van der Waals surface area contributed by atoms with Gasteiger partial charge in [0.2, 0.25) is 0 Å². The van der Waals surface area contributed by atoms with E-state index in [1.54, 1.807) is 4.90 Å². The van der Waals surface area contributed by atoms with E-state index in [1.807, 2.05) is 26.0 Å². The van der Waals surface area contributed by atoms with Crippen molar-refractivity contribution < 1.29 is 9.59 Å². The van der Waals surface area contributed by atoms with Gasteiger partial charge in [-0.05, 0) is 70.7 Å². The van der Waals surface area contributed by atoms with Crippen LogP contribution in [0.5, 0.6) is 0 Å². The minimum Gasteiger partial charge on any atom is -0.372 e. The maximum Gasteiger partial charge on any atom is 0.313 e. The average Bonchev–Trinajstić information content (AvgIpc) is 2.58. The SMILES string of the molecule is CCN(CC)c1ccc(NC(=O)C(=O)N2CCCCC2C)c(C)c1. The predicted octanol–water partition coefficient (Wildman–Crippen LogP) is 3.18. The number of likely N-dealkylation sites (tertiary alicyclic amines) is 1. The molecule has 1 aliphatic rings. The topological polar surface area (TPSA) is 52.7 Å². The predicted molar refractivity (Wildman–Crippen MR) is 98.4 cm³/mol. The fourth-order valence-electron chi connectivity index (χ4n) is 3.28. The van der Waals surface area contributed by atoms with Crippen LogP contribution in [-0.2, 0) is 9.59 Å². The number of hydrogen-bond acceptors (Lipinski definition) is 3. The first kappa shape index (κ1) is 18.3. The minimum absolute atomic E-state index is 0.142. The average molecular weight is 331 g/mol. The summed E-state index contributed by atoms with van der Waals surface area (Å²) in [6, 6.07) is 6.07. The van der Waals surface area contributed by atoms with Crippen molar-refractivity contribution in [1.82, 2.24) is 4.90 Å². The smallest absolute Gasteiger partial charge is 0.313 e. The Kier molecular flexibility index (Phi) is 6.23. The number of rotatable bonds is 4. The molecule has 1 atom stereocenters. The number of amides is 2. The summed E-state index contributed by atoms with van der Waals surface area (Å²) >= 11 is 0. The molecule has 5 heteroatoms. The van der Waals surface area contributed by atoms with E-state index >= 15 is 0 Å². The molecule has 0 aromatic heterocycles. The van der Waals surface area contributed by atoms with Gasteiger partial charge in [0.15, 0.2) is 0 Å². The lowest BCUT2D eigenvalue weighted by Crippen LogP contribution is -2.47. The van der Waals surface area contributed by atoms with E-state index < -0.39 is 11.8 Å². The van der Waals surface area contributed by atoms with Crippen LogP contribution in [0.15, 0.2) is 18.2 Å². The van der Waals surface area contributed by atoms with Crippen LogP contribution in [0.4, 0.5) is 11.4 Å². The van der Waals surface area contributed by atoms with Crippen LogP contribution in [-0.4, -0.2) is 42.4 Å². The van der Waals surface area contributed by atoms with Crippen molar-refractivity contribution in [1.29, 1.82) is 0 Å². The van der Waals surface area contributed by atoms with E-state index in [0.29, 0.717) is 12.2 Å². The van der Waals surface area contributed by atoms with Gasteiger partial charge in [0.05, 0.1) is 0 Å². The Morgan fingerprint density at radius 1 is 1.25 bits per heavy atom. The van der Waals surface area contributed by atoms with Crippen molar-refractivity contribution in [3.63, 3.8) is 0 Å². The van der Waals surface area contributed by atoms with Gasteiger partial charge in [-0.25, -0.2) is 0 Å². The van der Waals surface area contributed by atoms with E-state index in [1.165, 1.54) is 0 Å². The molecule has 2 rings (SSSR count). The fourth-order valence-corrected chi connectivity index (χ4v) is 3.28. The molecular formula is C19H29N3O2. The van der Waals surface area contributed by atoms with Gasteiger partial charge in [0.25, 0.3) is 0 Å². The number of carbonyl (C=O) groups is 2. The Labute approximate surface area is 145 Å². The first-order valence-corrected chi connectivity index (χ1v) is 8.95. The van der Waals surface area contributed by atoms with Gasteiger partial charge in [0.1, 0.15) is 0 Å². The van der Waals surface area contributed by atoms with E-state index in [-0.39, 0.29) is 6.04 Å². The summed E-state index contributed by atoms with van der Waals surface area (Å²) in [6.07, 6.45) is 3.07. The molecule has 0 aliphatic carbocycles. The van der Waals surface area contributed by atoms with E-state index in [0.717, 1.165) is 43.6 Å². The molecule has 1 fully saturated rings. The molecule has 1 aliphatic heterocycles. The van der Waals surface area contributed by atoms with Crippen LogP contribution in [0.2, 0.25) is 0 Å². The third-order valence-electron chi connectivity index (χ3n) is 4.84. The summed E-state index contributed by atoms with van der Waals surface area (Å²) in [6.45, 7) is 10.7. The zero-order chi connectivity index (χ0) is 17.7. The lowest BCUT2D eigenvalue weighted by Gasteiger charge is -2.32. The molecule has 0 radical (unpaired) electrons. The van der Waals surface area contributed by atoms with Gasteiger partial charge in [-0.15, -0.1) is 0 Å². The number of piperidine rings is 1. The van der Waals surface area contributed by atoms with Crippen LogP contribution >= 0.6 is 0 Å². The number of benzene rings is 1. The highest BCUT2D eigenvalue weighted by atomic mass is 16.2. The number of carbonyl (C=O) groups excluding carboxylic acids is 2. The van der Waals surface area contributed by atoms with Gasteiger partial charge in [-0.2, -0.15) is 0 Å². The summed E-state index contributed by atoms with van der Waals surface area (Å²) in [5, 5.41) is 2.78. The van der Waals surface area contributed by atoms with Crippen molar-refractivity contribution in [2.24, 2.45) is 0 Å². The molecule has 0 saturated carbocycles. The van der Waals surface area contributed by atoms with Gasteiger partial charge in [-0.1, -0.05) is 0 Å². The highest BCUT2D eigenvalue weighted by Crippen LogP contribution is 2.23. The lowest BCUT2D eigenvalue weighted by atomic mass is 10.0. The molecule has 5 nitrogen and oxygen atoms in total. The first-order valence-electron chi connectivity index (χ1n) is 8.95. The largest absolute Gasteiger partial charge is 0.372 e. The molecule has 1 unspecified atom stereocenters. The van der Waals surface area contributed by atoms with Crippen LogP contribution in [0.25, 0.3) is 0 Å². The van der Waals surface area contributed by atoms with Gasteiger partial charge >= 0.3 is 11.8 Å². The monoisotopic (exact) mass is 331 g/mol. The van der Waals surface area contributed by atoms with Gasteiger partial charge in [-0.3, -0.25) is 9.59 Å². The number of hydrogen-bond donors (Lipinski definition) is 1. The quantitative estimate of drug-likeness (QED) is 0.862. The van der Waals surface area contributed by atoms with Crippen molar-refractivity contribution in [2.75, 3.05) is 29.9 Å². The highest BCUT2D eigenvalue weighted by molar-refractivity contribution is 6.39. The van der Waals surface area contributed by atoms with Crippen molar-refractivity contribution in [2.45, 2.75) is 53.0 Å². The highest BCUT2D eigenvalue weighted by Gasteiger charge is 2.28. The number of anilines is 2. The molecule has 132 valence electrons. The molecule has 1 aromatic rings. The molecule has 1 N–H and O–H groups in total. The summed E-state index contributed by atoms with van der Waals surface area (Å²) in [5.74, 6) is -0.961. The third-order valence-corrected chi connectivity index (χ3v) is 4.84. The van der Waals surface area contributed by atoms with Crippen molar-refractivity contribution in [3.05, 3.63) is 23.8 Å². The van der Waals surface area contributed by atoms with E-state index in [9.17, 15) is 9.59 Å². The Hall–Kier alpha value is -2.04. The third kappa shape index (κ3) is 4.08. The molecule has 24 heavy (non-hydrogen) atoms. The van der Waals surface area contributed by atoms with Crippen molar-refractivity contribution >= 4 is 23.2 Å². The number of nitrogens with zero attached hydrogens (tertiary/aromatic N) is 2. The van der Waals surface area contributed by atoms with Gasteiger partial charge in [0, 0.05) is 37.1 Å². The molecule has 0 bridgehead atoms. The second kappa shape index (κ2) is 8.18. The molecule has 1 saturated heterocycles. The zero-order valence-electron chi connectivity index (χ0n) is 15.3. The standard InChI is InChI=1S/C19H29N3O2/c1-5-21(6-2)16-10-11-17(14(3)13-16)20-18(23)19(24)22-12-8-7-9-15(22)4/h10-11,13,15H,5-9,12H2,1-4H3,(H,20,23). The normalized spacial score (nSPS) is 17.5. The molecule has 1 heterocycles. The maximum absolute atomic E-state index is 12.4. The fraction of sp³-hybridized carbons (Fsp3) is 0.579. The van der Waals surface area contributed by atoms with Crippen LogP contribution in [0, 0.1) is 6.92 Å². The minimum atomic E-state index is -0.539. The maximum atomic E-state index is 12.4. The number of aryl methyl sites for hydroxylation is 1. The van der Waals surface area contributed by atoms with E-state index in [4.69, 9.17) is 0 Å². The second-order valence-corrected chi connectivity index (χ2v) is 6.47. The molecule has 2 amide bonds. The van der Waals surface area contributed by atoms with Crippen molar-refractivity contribution in [3.8, 4) is 0 Å². The first-order chi connectivity index (χ1) is 11.5. The zero-order valence-corrected chi connectivity index (χ0v) is 15.3. The Morgan fingerprint density at radius 2 is 1.96 bits per heavy atom. The summed E-state index contributed by atoms with van der Waals surface area (Å²) in [5.41, 5.74) is 2.80. The summed E-state index contributed by atoms with van der Waals surface area (Å²) < 4.78 is 0. The molecule has 1 aromatic carbocycles. The van der Waals surface area contributed by atoms with Crippen LogP contribution in [0.1, 0.15) is 45.6 Å². The number of nitrogens with one attached hydrogen (secondary N) is 1. The van der Waals surface area contributed by atoms with E-state index in [2.05, 4.69) is 30.1 Å². The Bertz CT molecular complexity index is 596. The lowest BCUT2D eigenvalue weighted by molar-refractivity contribution is -0.145. The Morgan fingerprint density at radius 3 is 2.54 bits per heavy atom. The van der Waals surface area contributed by atoms with Crippen LogP contribution < -0.4 is 10.2 Å². The molecule has 0 spiro atoms.